The SMILES string of the molecule is CC(C)S(=O)(=O)NC1CCC1. The van der Waals surface area contributed by atoms with Crippen molar-refractivity contribution in [2.45, 2.75) is 44.4 Å². The second-order valence-corrected chi connectivity index (χ2v) is 5.61. The molecule has 1 saturated carbocycles. The van der Waals surface area contributed by atoms with E-state index in [2.05, 4.69) is 4.72 Å². The smallest absolute Gasteiger partial charge is 0.212 e. The molecule has 0 atom stereocenters. The van der Waals surface area contributed by atoms with E-state index in [1.165, 1.54) is 0 Å². The summed E-state index contributed by atoms with van der Waals surface area (Å²) >= 11 is 0. The molecule has 0 unspecified atom stereocenters. The summed E-state index contributed by atoms with van der Waals surface area (Å²) in [5.41, 5.74) is 0. The van der Waals surface area contributed by atoms with Gasteiger partial charge in [0.2, 0.25) is 10.0 Å². The van der Waals surface area contributed by atoms with Crippen molar-refractivity contribution in [3.8, 4) is 0 Å². The van der Waals surface area contributed by atoms with Gasteiger partial charge in [-0.05, 0) is 26.7 Å². The maximum absolute atomic E-state index is 11.2. The molecule has 0 spiro atoms. The second kappa shape index (κ2) is 3.11. The minimum Gasteiger partial charge on any atom is -0.212 e. The van der Waals surface area contributed by atoms with Gasteiger partial charge in [0.05, 0.1) is 5.25 Å². The molecule has 0 heterocycles. The van der Waals surface area contributed by atoms with Gasteiger partial charge < -0.3 is 0 Å². The molecule has 0 aliphatic heterocycles. The fraction of sp³-hybridized carbons (Fsp3) is 1.00. The molecular formula is C7H15NO2S. The monoisotopic (exact) mass is 177 g/mol. The van der Waals surface area contributed by atoms with Crippen LogP contribution in [0.2, 0.25) is 0 Å². The van der Waals surface area contributed by atoms with Crippen molar-refractivity contribution in [2.24, 2.45) is 0 Å². The topological polar surface area (TPSA) is 46.2 Å². The molecule has 0 bridgehead atoms. The fourth-order valence-electron chi connectivity index (χ4n) is 0.894. The summed E-state index contributed by atoms with van der Waals surface area (Å²) in [5.74, 6) is 0. The zero-order valence-corrected chi connectivity index (χ0v) is 7.82. The second-order valence-electron chi connectivity index (χ2n) is 3.34. The van der Waals surface area contributed by atoms with E-state index < -0.39 is 10.0 Å². The van der Waals surface area contributed by atoms with Crippen molar-refractivity contribution in [1.29, 1.82) is 0 Å². The molecule has 0 radical (unpaired) electrons. The summed E-state index contributed by atoms with van der Waals surface area (Å²) < 4.78 is 25.1. The Hall–Kier alpha value is -0.0900. The van der Waals surface area contributed by atoms with Crippen molar-refractivity contribution in [3.05, 3.63) is 0 Å². The zero-order valence-electron chi connectivity index (χ0n) is 7.00. The van der Waals surface area contributed by atoms with Gasteiger partial charge in [-0.1, -0.05) is 6.42 Å². The molecule has 3 nitrogen and oxygen atoms in total. The first-order chi connectivity index (χ1) is 5.02. The number of rotatable bonds is 3. The van der Waals surface area contributed by atoms with Crippen LogP contribution in [0.3, 0.4) is 0 Å². The molecule has 0 aromatic heterocycles. The Kier molecular flexibility index (Phi) is 2.54. The third kappa shape index (κ3) is 2.17. The third-order valence-electron chi connectivity index (χ3n) is 2.06. The fourth-order valence-corrected chi connectivity index (χ4v) is 1.87. The van der Waals surface area contributed by atoms with Crippen LogP contribution in [0.4, 0.5) is 0 Å². The first-order valence-corrected chi connectivity index (χ1v) is 5.58. The molecule has 1 fully saturated rings. The molecule has 0 aromatic rings. The lowest BCUT2D eigenvalue weighted by Crippen LogP contribution is -2.42. The van der Waals surface area contributed by atoms with Crippen LogP contribution in [-0.4, -0.2) is 19.7 Å². The summed E-state index contributed by atoms with van der Waals surface area (Å²) in [6.07, 6.45) is 3.17. The predicted molar refractivity (Wildman–Crippen MR) is 44.8 cm³/mol. The van der Waals surface area contributed by atoms with Gasteiger partial charge in [0, 0.05) is 6.04 Å². The summed E-state index contributed by atoms with van der Waals surface area (Å²) in [6, 6.07) is 0.224. The highest BCUT2D eigenvalue weighted by Crippen LogP contribution is 2.19. The molecular weight excluding hydrogens is 162 g/mol. The summed E-state index contributed by atoms with van der Waals surface area (Å²) in [5, 5.41) is -0.303. The average Bonchev–Trinajstić information content (AvgIpc) is 1.79. The molecule has 4 heteroatoms. The summed E-state index contributed by atoms with van der Waals surface area (Å²) in [6.45, 7) is 3.39. The number of sulfonamides is 1. The number of hydrogen-bond acceptors (Lipinski definition) is 2. The van der Waals surface area contributed by atoms with E-state index in [-0.39, 0.29) is 11.3 Å². The van der Waals surface area contributed by atoms with Gasteiger partial charge >= 0.3 is 0 Å². The van der Waals surface area contributed by atoms with Gasteiger partial charge in [0.15, 0.2) is 0 Å². The maximum Gasteiger partial charge on any atom is 0.214 e. The lowest BCUT2D eigenvalue weighted by Gasteiger charge is -2.26. The van der Waals surface area contributed by atoms with E-state index >= 15 is 0 Å². The normalized spacial score (nSPS) is 20.3. The van der Waals surface area contributed by atoms with Gasteiger partial charge in [-0.3, -0.25) is 0 Å². The van der Waals surface area contributed by atoms with Crippen molar-refractivity contribution in [2.75, 3.05) is 0 Å². The Morgan fingerprint density at radius 3 is 2.18 bits per heavy atom. The van der Waals surface area contributed by atoms with Crippen LogP contribution in [-0.2, 0) is 10.0 Å². The lowest BCUT2D eigenvalue weighted by atomic mass is 9.94. The van der Waals surface area contributed by atoms with Crippen LogP contribution in [0.1, 0.15) is 33.1 Å². The van der Waals surface area contributed by atoms with Crippen molar-refractivity contribution < 1.29 is 8.42 Å². The van der Waals surface area contributed by atoms with Crippen LogP contribution < -0.4 is 4.72 Å². The zero-order chi connectivity index (χ0) is 8.48. The minimum absolute atomic E-state index is 0.224. The first-order valence-electron chi connectivity index (χ1n) is 4.03. The van der Waals surface area contributed by atoms with Crippen LogP contribution in [0, 0.1) is 0 Å². The van der Waals surface area contributed by atoms with Crippen molar-refractivity contribution in [1.82, 2.24) is 4.72 Å². The number of hydrogen-bond donors (Lipinski definition) is 1. The third-order valence-corrected chi connectivity index (χ3v) is 3.96. The van der Waals surface area contributed by atoms with Crippen LogP contribution >= 0.6 is 0 Å². The molecule has 66 valence electrons. The Balaban J connectivity index is 2.46. The van der Waals surface area contributed by atoms with Crippen LogP contribution in [0.15, 0.2) is 0 Å². The van der Waals surface area contributed by atoms with Gasteiger partial charge in [0.1, 0.15) is 0 Å². The van der Waals surface area contributed by atoms with E-state index in [4.69, 9.17) is 0 Å². The average molecular weight is 177 g/mol. The van der Waals surface area contributed by atoms with Gasteiger partial charge in [-0.25, -0.2) is 13.1 Å². The van der Waals surface area contributed by atoms with E-state index in [0.29, 0.717) is 0 Å². The Morgan fingerprint density at radius 2 is 1.91 bits per heavy atom. The Morgan fingerprint density at radius 1 is 1.36 bits per heavy atom. The molecule has 1 aliphatic rings. The Labute approximate surface area is 68.2 Å². The van der Waals surface area contributed by atoms with Crippen LogP contribution in [0.5, 0.6) is 0 Å². The molecule has 1 aliphatic carbocycles. The summed E-state index contributed by atoms with van der Waals surface area (Å²) in [4.78, 5) is 0. The molecule has 0 saturated heterocycles. The number of nitrogens with one attached hydrogen (secondary N) is 1. The van der Waals surface area contributed by atoms with E-state index in [1.54, 1.807) is 13.8 Å². The molecule has 1 rings (SSSR count). The van der Waals surface area contributed by atoms with Gasteiger partial charge in [-0.2, -0.15) is 0 Å². The quantitative estimate of drug-likeness (QED) is 0.695. The predicted octanol–water partition coefficient (Wildman–Crippen LogP) is 0.867. The molecule has 1 N–H and O–H groups in total. The Bertz CT molecular complexity index is 217. The summed E-state index contributed by atoms with van der Waals surface area (Å²) in [7, 11) is -3.01. The molecule has 0 amide bonds. The maximum atomic E-state index is 11.2. The van der Waals surface area contributed by atoms with E-state index in [9.17, 15) is 8.42 Å². The largest absolute Gasteiger partial charge is 0.214 e. The van der Waals surface area contributed by atoms with Crippen molar-refractivity contribution >= 4 is 10.0 Å². The molecule has 11 heavy (non-hydrogen) atoms. The first kappa shape index (κ1) is 9.00. The van der Waals surface area contributed by atoms with Gasteiger partial charge in [-0.15, -0.1) is 0 Å². The van der Waals surface area contributed by atoms with Crippen LogP contribution in [0.25, 0.3) is 0 Å². The highest BCUT2D eigenvalue weighted by molar-refractivity contribution is 7.90. The van der Waals surface area contributed by atoms with E-state index in [0.717, 1.165) is 19.3 Å². The highest BCUT2D eigenvalue weighted by Gasteiger charge is 2.24. The van der Waals surface area contributed by atoms with Gasteiger partial charge in [0.25, 0.3) is 0 Å². The standard InChI is InChI=1S/C7H15NO2S/c1-6(2)11(9,10)8-7-4-3-5-7/h6-8H,3-5H2,1-2H3. The highest BCUT2D eigenvalue weighted by atomic mass is 32.2. The van der Waals surface area contributed by atoms with Crippen molar-refractivity contribution in [3.63, 3.8) is 0 Å². The lowest BCUT2D eigenvalue weighted by molar-refractivity contribution is 0.382. The molecule has 0 aromatic carbocycles. The van der Waals surface area contributed by atoms with E-state index in [1.807, 2.05) is 0 Å². The minimum atomic E-state index is -3.01.